The van der Waals surface area contributed by atoms with Crippen molar-refractivity contribution in [3.8, 4) is 23.0 Å². The average molecular weight is 1080 g/mol. The molecule has 4 N–H and O–H groups in total. The van der Waals surface area contributed by atoms with Crippen molar-refractivity contribution in [1.29, 1.82) is 0 Å². The normalized spacial score (nSPS) is 16.8. The van der Waals surface area contributed by atoms with Gasteiger partial charge < -0.3 is 39.8 Å². The van der Waals surface area contributed by atoms with Gasteiger partial charge in [-0.05, 0) is 149 Å². The number of nitrogens with one attached hydrogen (secondary N) is 2. The van der Waals surface area contributed by atoms with Crippen LogP contribution in [0.3, 0.4) is 0 Å². The van der Waals surface area contributed by atoms with Crippen LogP contribution in [0.15, 0.2) is 97.1 Å². The molecule has 10 heteroatoms. The van der Waals surface area contributed by atoms with Gasteiger partial charge in [-0.25, -0.2) is 0 Å². The predicted molar refractivity (Wildman–Crippen MR) is 319 cm³/mol. The van der Waals surface area contributed by atoms with Crippen LogP contribution in [0.2, 0.25) is 0 Å². The first-order valence-corrected chi connectivity index (χ1v) is 29.0. The Labute approximate surface area is 476 Å². The summed E-state index contributed by atoms with van der Waals surface area (Å²) in [5.41, 5.74) is 13.2. The smallest absolute Gasteiger partial charge is 0.251 e. The van der Waals surface area contributed by atoms with E-state index in [-0.39, 0.29) is 70.4 Å². The highest BCUT2D eigenvalue weighted by Gasteiger charge is 2.29. The zero-order valence-corrected chi connectivity index (χ0v) is 49.6. The number of hydrogen-bond donors (Lipinski definition) is 4. The lowest BCUT2D eigenvalue weighted by Gasteiger charge is -2.28. The first kappa shape index (κ1) is 58.0. The molecule has 424 valence electrons. The molecule has 6 aromatic carbocycles. The Kier molecular flexibility index (Phi) is 17.0. The number of phenols is 2. The van der Waals surface area contributed by atoms with Gasteiger partial charge in [0.2, 0.25) is 0 Å². The van der Waals surface area contributed by atoms with E-state index in [0.717, 1.165) is 117 Å². The fourth-order valence-corrected chi connectivity index (χ4v) is 11.1. The van der Waals surface area contributed by atoms with Gasteiger partial charge in [0.25, 0.3) is 11.8 Å². The molecule has 2 atom stereocenters. The lowest BCUT2D eigenvalue weighted by molar-refractivity contribution is 0.0854. The van der Waals surface area contributed by atoms with Crippen molar-refractivity contribution >= 4 is 11.8 Å². The quantitative estimate of drug-likeness (QED) is 0.0950. The monoisotopic (exact) mass is 1080 g/mol. The molecule has 6 aromatic rings. The highest BCUT2D eigenvalue weighted by Crippen LogP contribution is 2.44. The molecular weight excluding hydrogens is 997 g/mol. The van der Waals surface area contributed by atoms with E-state index in [1.807, 2.05) is 48.5 Å². The van der Waals surface area contributed by atoms with Gasteiger partial charge in [0.05, 0.1) is 12.2 Å². The molecule has 2 unspecified atom stereocenters. The summed E-state index contributed by atoms with van der Waals surface area (Å²) in [6, 6.07) is 32.7. The summed E-state index contributed by atoms with van der Waals surface area (Å²) in [7, 11) is 0. The molecule has 3 aliphatic rings. The van der Waals surface area contributed by atoms with Crippen molar-refractivity contribution < 1.29 is 38.7 Å². The van der Waals surface area contributed by atoms with E-state index < -0.39 is 0 Å². The van der Waals surface area contributed by atoms with E-state index in [9.17, 15) is 19.8 Å². The maximum absolute atomic E-state index is 13.2. The van der Waals surface area contributed by atoms with Crippen molar-refractivity contribution in [2.24, 2.45) is 0 Å². The maximum atomic E-state index is 13.2. The highest BCUT2D eigenvalue weighted by atomic mass is 16.5. The van der Waals surface area contributed by atoms with Crippen LogP contribution < -0.4 is 20.1 Å². The van der Waals surface area contributed by atoms with Crippen LogP contribution in [0.25, 0.3) is 0 Å². The second-order valence-corrected chi connectivity index (χ2v) is 26.9. The van der Waals surface area contributed by atoms with Crippen molar-refractivity contribution in [2.45, 2.75) is 182 Å². The summed E-state index contributed by atoms with van der Waals surface area (Å²) in [5, 5.41) is 31.8. The minimum absolute atomic E-state index is 0.0534. The lowest BCUT2D eigenvalue weighted by Crippen LogP contribution is -2.31. The van der Waals surface area contributed by atoms with Crippen LogP contribution in [-0.2, 0) is 70.0 Å². The van der Waals surface area contributed by atoms with Gasteiger partial charge in [-0.15, -0.1) is 0 Å². The Morgan fingerprint density at radius 3 is 0.975 bits per heavy atom. The van der Waals surface area contributed by atoms with Crippen LogP contribution in [0.4, 0.5) is 0 Å². The second kappa shape index (κ2) is 23.5. The summed E-state index contributed by atoms with van der Waals surface area (Å²) in [5.74, 6) is 1.60. The minimum Gasteiger partial charge on any atom is -0.507 e. The predicted octanol–water partition coefficient (Wildman–Crippen LogP) is 13.9. The van der Waals surface area contributed by atoms with Gasteiger partial charge in [0, 0.05) is 63.1 Å². The van der Waals surface area contributed by atoms with Gasteiger partial charge in [-0.3, -0.25) is 9.59 Å². The fourth-order valence-electron chi connectivity index (χ4n) is 11.1. The summed E-state index contributed by atoms with van der Waals surface area (Å²) in [6.45, 7) is 29.5. The zero-order chi connectivity index (χ0) is 57.3. The third kappa shape index (κ3) is 13.9. The van der Waals surface area contributed by atoms with Crippen LogP contribution >= 0.6 is 0 Å². The number of phenolic OH excluding ortho intramolecular Hbond substituents is 2. The van der Waals surface area contributed by atoms with E-state index in [2.05, 4.69) is 142 Å². The highest BCUT2D eigenvalue weighted by molar-refractivity contribution is 5.94. The molecule has 2 heterocycles. The second-order valence-electron chi connectivity index (χ2n) is 26.9. The fraction of sp³-hybridized carbons (Fsp3) is 0.457. The maximum Gasteiger partial charge on any atom is 0.251 e. The number of hydrogen-bond acceptors (Lipinski definition) is 8. The molecule has 0 saturated carbocycles. The number of carbonyl (C=O) groups is 2. The molecule has 0 radical (unpaired) electrons. The molecular formula is C70H86N2O8. The van der Waals surface area contributed by atoms with E-state index in [4.69, 9.17) is 18.9 Å². The Balaban J connectivity index is 1.16. The standard InChI is InChI=1S/C70H86N2O8/c1-67(2,3)55-31-47-27-51-35-57(69(7,8)9)37-53(63(51)79-41-43-17-21-45(22-18-43)65(75)71-39-59-15-13-25-77-59)29-49-33-56(68(4,5)6)34-50(62(49)74)30-54-38-58(70(10,11)12)36-52(28-48(32-55)61(47)73)64(54)80-42-44-19-23-46(24-20-44)66(76)72-40-60-16-14-26-78-60/h17-24,31-38,59-60,73-74H,13-16,25-30,39-42H2,1-12H3,(H,71,75)(H,72,76). The minimum atomic E-state index is -0.265. The average Bonchev–Trinajstić information content (AvgIpc) is 4.19. The number of carbonyl (C=O) groups excluding carboxylic acids is 2. The summed E-state index contributed by atoms with van der Waals surface area (Å²) < 4.78 is 25.6. The van der Waals surface area contributed by atoms with E-state index in [1.54, 1.807) is 0 Å². The zero-order valence-electron chi connectivity index (χ0n) is 49.6. The number of fused-ring (bicyclic) bond motifs is 8. The summed E-state index contributed by atoms with van der Waals surface area (Å²) >= 11 is 0. The third-order valence-corrected chi connectivity index (χ3v) is 16.2. The van der Waals surface area contributed by atoms with Crippen LogP contribution in [-0.4, -0.2) is 60.5 Å². The van der Waals surface area contributed by atoms with Gasteiger partial charge in [-0.1, -0.05) is 156 Å². The van der Waals surface area contributed by atoms with Gasteiger partial charge in [0.1, 0.15) is 36.2 Å². The molecule has 2 fully saturated rings. The van der Waals surface area contributed by atoms with Crippen molar-refractivity contribution in [2.75, 3.05) is 26.3 Å². The molecule has 2 saturated heterocycles. The molecule has 2 amide bonds. The number of rotatable bonds is 12. The van der Waals surface area contributed by atoms with E-state index in [0.29, 0.717) is 61.4 Å². The number of amides is 2. The largest absolute Gasteiger partial charge is 0.507 e. The van der Waals surface area contributed by atoms with E-state index >= 15 is 0 Å². The molecule has 2 aliphatic heterocycles. The van der Waals surface area contributed by atoms with Crippen molar-refractivity contribution in [1.82, 2.24) is 10.6 Å². The molecule has 9 rings (SSSR count). The first-order chi connectivity index (χ1) is 37.8. The SMILES string of the molecule is CC(C)(C)c1cc2c(O)c(c1)Cc1cc(C(C)(C)C)cc(c1OCc1ccc(C(=O)NCC3CCCO3)cc1)Cc1cc(C(C)(C)C)cc(c1O)Cc1cc(C(C)(C)C)cc(c1OCc1ccc(C(=O)NCC3CCCO3)cc1)C2. The van der Waals surface area contributed by atoms with Crippen molar-refractivity contribution in [3.05, 3.63) is 186 Å². The van der Waals surface area contributed by atoms with Gasteiger partial charge in [0.15, 0.2) is 0 Å². The molecule has 8 bridgehead atoms. The van der Waals surface area contributed by atoms with E-state index in [1.165, 1.54) is 0 Å². The number of aromatic hydroxyl groups is 2. The Morgan fingerprint density at radius 2 is 0.725 bits per heavy atom. The lowest BCUT2D eigenvalue weighted by atomic mass is 9.79. The Hall–Kier alpha value is -6.62. The molecule has 10 nitrogen and oxygen atoms in total. The Bertz CT molecular complexity index is 2890. The molecule has 0 aromatic heterocycles. The molecule has 1 aliphatic carbocycles. The third-order valence-electron chi connectivity index (χ3n) is 16.2. The molecule has 80 heavy (non-hydrogen) atoms. The number of benzene rings is 6. The summed E-state index contributed by atoms with van der Waals surface area (Å²) in [4.78, 5) is 26.4. The number of ether oxygens (including phenoxy) is 4. The molecule has 0 spiro atoms. The first-order valence-electron chi connectivity index (χ1n) is 29.0. The summed E-state index contributed by atoms with van der Waals surface area (Å²) in [6.07, 6.45) is 5.52. The van der Waals surface area contributed by atoms with Crippen LogP contribution in [0.1, 0.15) is 207 Å². The van der Waals surface area contributed by atoms with Crippen LogP contribution in [0.5, 0.6) is 23.0 Å². The van der Waals surface area contributed by atoms with Crippen molar-refractivity contribution in [3.63, 3.8) is 0 Å². The van der Waals surface area contributed by atoms with Crippen LogP contribution in [0, 0.1) is 0 Å². The van der Waals surface area contributed by atoms with Gasteiger partial charge in [-0.2, -0.15) is 0 Å². The Morgan fingerprint density at radius 1 is 0.450 bits per heavy atom. The van der Waals surface area contributed by atoms with Gasteiger partial charge >= 0.3 is 0 Å². The topological polar surface area (TPSA) is 136 Å².